The molecule has 5 rings (SSSR count). The Balaban J connectivity index is 1.49. The van der Waals surface area contributed by atoms with Gasteiger partial charge in [-0.05, 0) is 43.9 Å². The van der Waals surface area contributed by atoms with Gasteiger partial charge in [0.05, 0.1) is 6.04 Å². The lowest BCUT2D eigenvalue weighted by atomic mass is 10.1. The number of halogens is 1. The van der Waals surface area contributed by atoms with Crippen molar-refractivity contribution in [3.63, 3.8) is 0 Å². The summed E-state index contributed by atoms with van der Waals surface area (Å²) in [5, 5.41) is 2.58. The predicted octanol–water partition coefficient (Wildman–Crippen LogP) is 3.45. The lowest BCUT2D eigenvalue weighted by molar-refractivity contribution is -0.126. The van der Waals surface area contributed by atoms with E-state index in [1.165, 1.54) is 12.3 Å². The van der Waals surface area contributed by atoms with Gasteiger partial charge in [-0.1, -0.05) is 18.1 Å². The number of fused-ring (bicyclic) bond motifs is 1. The van der Waals surface area contributed by atoms with Gasteiger partial charge in [-0.3, -0.25) is 14.0 Å². The van der Waals surface area contributed by atoms with Crippen LogP contribution < -0.4 is 11.1 Å². The van der Waals surface area contributed by atoms with E-state index in [1.807, 2.05) is 4.40 Å². The normalized spacial score (nSPS) is 14.9. The van der Waals surface area contributed by atoms with Crippen molar-refractivity contribution in [3.05, 3.63) is 72.2 Å². The summed E-state index contributed by atoms with van der Waals surface area (Å²) in [6.07, 6.45) is 6.25. The standard InChI is InChI=1S/C26H22FN7O2/c1-2-4-21(35)33-13-3-5-19(33)25-32-22(23-24(28)30-12-14-34(23)25)16-6-8-17(9-7-16)26(36)31-20-15-18(27)10-11-29-20/h6-12,14-15,19H,3,5,13H2,1H3,(H2,28,30)(H,29,31,36)/t19-/m0/s1. The molecule has 3 aromatic heterocycles. The molecule has 0 aliphatic carbocycles. The third-order valence-corrected chi connectivity index (χ3v) is 6.04. The second kappa shape index (κ2) is 9.46. The van der Waals surface area contributed by atoms with E-state index in [1.54, 1.807) is 48.5 Å². The summed E-state index contributed by atoms with van der Waals surface area (Å²) >= 11 is 0. The molecule has 2 amide bonds. The zero-order chi connectivity index (χ0) is 25.2. The SMILES string of the molecule is CC#CC(=O)N1CCC[C@H]1c1nc(-c2ccc(C(=O)Nc3cc(F)ccn3)cc2)c2c(N)nccn12. The summed E-state index contributed by atoms with van der Waals surface area (Å²) in [5.74, 6) is 5.25. The van der Waals surface area contributed by atoms with Crippen LogP contribution in [-0.2, 0) is 4.79 Å². The van der Waals surface area contributed by atoms with Gasteiger partial charge >= 0.3 is 0 Å². The van der Waals surface area contributed by atoms with Gasteiger partial charge < -0.3 is 16.0 Å². The van der Waals surface area contributed by atoms with Crippen LogP contribution in [0.5, 0.6) is 0 Å². The van der Waals surface area contributed by atoms with Crippen LogP contribution in [0.15, 0.2) is 55.0 Å². The number of benzene rings is 1. The molecule has 0 saturated carbocycles. The molecule has 180 valence electrons. The molecule has 10 heteroatoms. The van der Waals surface area contributed by atoms with Crippen LogP contribution >= 0.6 is 0 Å². The van der Waals surface area contributed by atoms with Crippen molar-refractivity contribution >= 4 is 29.0 Å². The van der Waals surface area contributed by atoms with Crippen LogP contribution in [0.3, 0.4) is 0 Å². The molecule has 1 atom stereocenters. The summed E-state index contributed by atoms with van der Waals surface area (Å²) in [6, 6.07) is 8.90. The zero-order valence-corrected chi connectivity index (χ0v) is 19.4. The van der Waals surface area contributed by atoms with Crippen molar-refractivity contribution in [2.75, 3.05) is 17.6 Å². The van der Waals surface area contributed by atoms with E-state index in [0.717, 1.165) is 24.5 Å². The molecule has 0 unspecified atom stereocenters. The lowest BCUT2D eigenvalue weighted by Crippen LogP contribution is -2.30. The van der Waals surface area contributed by atoms with Gasteiger partial charge in [-0.25, -0.2) is 19.3 Å². The number of amides is 2. The van der Waals surface area contributed by atoms with Crippen molar-refractivity contribution in [3.8, 4) is 23.1 Å². The lowest BCUT2D eigenvalue weighted by Gasteiger charge is -2.21. The van der Waals surface area contributed by atoms with E-state index >= 15 is 0 Å². The van der Waals surface area contributed by atoms with Crippen LogP contribution in [0, 0.1) is 17.7 Å². The number of anilines is 2. The molecule has 1 aromatic carbocycles. The Morgan fingerprint density at radius 1 is 1.17 bits per heavy atom. The maximum absolute atomic E-state index is 13.4. The number of hydrogen-bond acceptors (Lipinski definition) is 6. The molecular formula is C26H22FN7O2. The Hall–Kier alpha value is -4.78. The highest BCUT2D eigenvalue weighted by Gasteiger charge is 2.33. The van der Waals surface area contributed by atoms with Crippen molar-refractivity contribution in [2.24, 2.45) is 0 Å². The molecule has 1 aliphatic heterocycles. The van der Waals surface area contributed by atoms with Crippen LogP contribution in [0.2, 0.25) is 0 Å². The smallest absolute Gasteiger partial charge is 0.299 e. The first-order valence-corrected chi connectivity index (χ1v) is 11.4. The molecule has 36 heavy (non-hydrogen) atoms. The van der Waals surface area contributed by atoms with E-state index in [2.05, 4.69) is 27.1 Å². The first-order chi connectivity index (χ1) is 17.5. The first kappa shape index (κ1) is 23.0. The van der Waals surface area contributed by atoms with Gasteiger partial charge in [0.2, 0.25) is 0 Å². The van der Waals surface area contributed by atoms with E-state index in [-0.39, 0.29) is 17.8 Å². The van der Waals surface area contributed by atoms with Crippen molar-refractivity contribution in [2.45, 2.75) is 25.8 Å². The summed E-state index contributed by atoms with van der Waals surface area (Å²) in [6.45, 7) is 2.24. The summed E-state index contributed by atoms with van der Waals surface area (Å²) in [5.41, 5.74) is 8.55. The number of nitrogens with zero attached hydrogens (tertiary/aromatic N) is 5. The Morgan fingerprint density at radius 3 is 2.72 bits per heavy atom. The fourth-order valence-electron chi connectivity index (χ4n) is 4.42. The number of nitrogens with two attached hydrogens (primary N) is 1. The average molecular weight is 484 g/mol. The summed E-state index contributed by atoms with van der Waals surface area (Å²) in [7, 11) is 0. The van der Waals surface area contributed by atoms with Crippen LogP contribution in [0.4, 0.5) is 16.0 Å². The summed E-state index contributed by atoms with van der Waals surface area (Å²) < 4.78 is 15.3. The van der Waals surface area contributed by atoms with Crippen molar-refractivity contribution in [1.82, 2.24) is 24.3 Å². The monoisotopic (exact) mass is 483 g/mol. The topological polar surface area (TPSA) is 119 Å². The number of carbonyl (C=O) groups excluding carboxylic acids is 2. The number of nitrogens with one attached hydrogen (secondary N) is 1. The molecule has 4 heterocycles. The highest BCUT2D eigenvalue weighted by Crippen LogP contribution is 2.36. The second-order valence-corrected chi connectivity index (χ2v) is 8.27. The van der Waals surface area contributed by atoms with E-state index in [0.29, 0.717) is 35.0 Å². The van der Waals surface area contributed by atoms with Gasteiger partial charge in [0.1, 0.15) is 34.5 Å². The third kappa shape index (κ3) is 4.22. The van der Waals surface area contributed by atoms with Gasteiger partial charge in [-0.2, -0.15) is 0 Å². The molecule has 1 saturated heterocycles. The maximum Gasteiger partial charge on any atom is 0.299 e. The van der Waals surface area contributed by atoms with E-state index in [9.17, 15) is 14.0 Å². The number of pyridine rings is 1. The number of nitrogen functional groups attached to an aromatic ring is 1. The van der Waals surface area contributed by atoms with Gasteiger partial charge in [0, 0.05) is 42.3 Å². The minimum absolute atomic E-state index is 0.121. The highest BCUT2D eigenvalue weighted by atomic mass is 19.1. The molecule has 1 aliphatic rings. The second-order valence-electron chi connectivity index (χ2n) is 8.27. The van der Waals surface area contributed by atoms with Crippen LogP contribution in [0.1, 0.15) is 42.0 Å². The number of carbonyl (C=O) groups is 2. The highest BCUT2D eigenvalue weighted by molar-refractivity contribution is 6.04. The van der Waals surface area contributed by atoms with E-state index in [4.69, 9.17) is 10.7 Å². The van der Waals surface area contributed by atoms with Crippen LogP contribution in [0.25, 0.3) is 16.8 Å². The minimum atomic E-state index is -0.492. The average Bonchev–Trinajstić information content (AvgIpc) is 3.50. The third-order valence-electron chi connectivity index (χ3n) is 6.04. The predicted molar refractivity (Wildman–Crippen MR) is 132 cm³/mol. The van der Waals surface area contributed by atoms with E-state index < -0.39 is 11.7 Å². The fourth-order valence-corrected chi connectivity index (χ4v) is 4.42. The fraction of sp³-hybridized carbons (Fsp3) is 0.192. The zero-order valence-electron chi connectivity index (χ0n) is 19.4. The van der Waals surface area contributed by atoms with Crippen molar-refractivity contribution < 1.29 is 14.0 Å². The number of rotatable bonds is 4. The van der Waals surface area contributed by atoms with Gasteiger partial charge in [0.15, 0.2) is 0 Å². The number of likely N-dealkylation sites (tertiary alicyclic amines) is 1. The Labute approximate surface area is 206 Å². The molecule has 1 fully saturated rings. The first-order valence-electron chi connectivity index (χ1n) is 11.4. The summed E-state index contributed by atoms with van der Waals surface area (Å²) in [4.78, 5) is 40.0. The maximum atomic E-state index is 13.4. The Kier molecular flexibility index (Phi) is 6.04. The number of aromatic nitrogens is 4. The molecule has 0 radical (unpaired) electrons. The Morgan fingerprint density at radius 2 is 1.97 bits per heavy atom. The van der Waals surface area contributed by atoms with Gasteiger partial charge in [0.25, 0.3) is 11.8 Å². The number of imidazole rings is 1. The molecule has 9 nitrogen and oxygen atoms in total. The molecular weight excluding hydrogens is 461 g/mol. The molecule has 4 aromatic rings. The molecule has 0 spiro atoms. The van der Waals surface area contributed by atoms with Crippen molar-refractivity contribution in [1.29, 1.82) is 0 Å². The van der Waals surface area contributed by atoms with Crippen LogP contribution in [-0.4, -0.2) is 42.6 Å². The minimum Gasteiger partial charge on any atom is -0.382 e. The molecule has 3 N–H and O–H groups in total. The largest absolute Gasteiger partial charge is 0.382 e. The molecule has 0 bridgehead atoms. The Bertz CT molecular complexity index is 1540. The van der Waals surface area contributed by atoms with Gasteiger partial charge in [-0.15, -0.1) is 0 Å². The quantitative estimate of drug-likeness (QED) is 0.429. The number of hydrogen-bond donors (Lipinski definition) is 2.